The van der Waals surface area contributed by atoms with Gasteiger partial charge < -0.3 is 9.30 Å². The molecule has 0 aliphatic rings. The van der Waals surface area contributed by atoms with E-state index >= 15 is 0 Å². The molecule has 23 heavy (non-hydrogen) atoms. The Kier molecular flexibility index (Phi) is 4.11. The van der Waals surface area contributed by atoms with Crippen molar-refractivity contribution in [2.75, 3.05) is 0 Å². The molecule has 0 N–H and O–H groups in total. The van der Waals surface area contributed by atoms with E-state index in [2.05, 4.69) is 17.1 Å². The quantitative estimate of drug-likeness (QED) is 0.725. The van der Waals surface area contributed by atoms with Crippen LogP contribution in [0, 0.1) is 25.2 Å². The van der Waals surface area contributed by atoms with E-state index in [1.165, 1.54) is 5.56 Å². The summed E-state index contributed by atoms with van der Waals surface area (Å²) in [4.78, 5) is 4.04. The number of imidazole rings is 1. The predicted octanol–water partition coefficient (Wildman–Crippen LogP) is 4.21. The van der Waals surface area contributed by atoms with Gasteiger partial charge in [-0.2, -0.15) is 5.26 Å². The Hall–Kier alpha value is -3.06. The number of aromatic nitrogens is 2. The van der Waals surface area contributed by atoms with Gasteiger partial charge in [-0.25, -0.2) is 4.98 Å². The second-order valence-corrected chi connectivity index (χ2v) is 5.55. The first-order valence-corrected chi connectivity index (χ1v) is 7.39. The predicted molar refractivity (Wildman–Crippen MR) is 88.5 cm³/mol. The van der Waals surface area contributed by atoms with Crippen LogP contribution in [0.3, 0.4) is 0 Å². The number of nitrogens with zero attached hydrogens (tertiary/aromatic N) is 3. The molecule has 0 saturated carbocycles. The Morgan fingerprint density at radius 2 is 2.00 bits per heavy atom. The van der Waals surface area contributed by atoms with Crippen molar-refractivity contribution in [1.29, 1.82) is 5.26 Å². The Balaban J connectivity index is 1.91. The van der Waals surface area contributed by atoms with E-state index in [0.29, 0.717) is 17.9 Å². The lowest BCUT2D eigenvalue weighted by atomic mass is 10.1. The van der Waals surface area contributed by atoms with Crippen molar-refractivity contribution in [3.8, 4) is 17.6 Å². The molecule has 1 heterocycles. The summed E-state index contributed by atoms with van der Waals surface area (Å²) in [6.07, 6.45) is 5.42. The van der Waals surface area contributed by atoms with Gasteiger partial charge in [0, 0.05) is 18.9 Å². The van der Waals surface area contributed by atoms with E-state index < -0.39 is 0 Å². The van der Waals surface area contributed by atoms with Crippen LogP contribution in [-0.4, -0.2) is 9.55 Å². The van der Waals surface area contributed by atoms with Gasteiger partial charge in [-0.1, -0.05) is 23.8 Å². The molecule has 1 aromatic heterocycles. The highest BCUT2D eigenvalue weighted by Crippen LogP contribution is 2.29. The lowest BCUT2D eigenvalue weighted by molar-refractivity contribution is 0.476. The highest BCUT2D eigenvalue weighted by molar-refractivity contribution is 5.49. The molecule has 0 fully saturated rings. The Bertz CT molecular complexity index is 861. The zero-order valence-corrected chi connectivity index (χ0v) is 13.2. The maximum absolute atomic E-state index is 9.31. The van der Waals surface area contributed by atoms with Gasteiger partial charge in [-0.15, -0.1) is 0 Å². The molecule has 0 aliphatic heterocycles. The van der Waals surface area contributed by atoms with Crippen LogP contribution < -0.4 is 4.74 Å². The third kappa shape index (κ3) is 3.41. The molecular formula is C19H17N3O. The van der Waals surface area contributed by atoms with Crippen molar-refractivity contribution in [2.24, 2.45) is 0 Å². The molecule has 3 aromatic rings. The van der Waals surface area contributed by atoms with Gasteiger partial charge in [0.2, 0.25) is 0 Å². The third-order valence-corrected chi connectivity index (χ3v) is 3.64. The molecule has 4 heteroatoms. The summed E-state index contributed by atoms with van der Waals surface area (Å²) in [5.74, 6) is 1.35. The first-order chi connectivity index (χ1) is 11.2. The van der Waals surface area contributed by atoms with Gasteiger partial charge >= 0.3 is 0 Å². The lowest BCUT2D eigenvalue weighted by Crippen LogP contribution is -1.98. The summed E-state index contributed by atoms with van der Waals surface area (Å²) in [7, 11) is 0. The SMILES string of the molecule is Cc1ccc(Oc2cc(Cn3ccnc3)ccc2C#N)c(C)c1. The molecule has 4 nitrogen and oxygen atoms in total. The normalized spacial score (nSPS) is 10.3. The molecule has 0 spiro atoms. The van der Waals surface area contributed by atoms with E-state index in [1.54, 1.807) is 18.6 Å². The second-order valence-electron chi connectivity index (χ2n) is 5.55. The second kappa shape index (κ2) is 6.37. The Labute approximate surface area is 135 Å². The molecule has 0 atom stereocenters. The van der Waals surface area contributed by atoms with Crippen molar-refractivity contribution in [2.45, 2.75) is 20.4 Å². The average molecular weight is 303 g/mol. The smallest absolute Gasteiger partial charge is 0.145 e. The molecule has 0 bridgehead atoms. The van der Waals surface area contributed by atoms with E-state index in [9.17, 15) is 5.26 Å². The summed E-state index contributed by atoms with van der Waals surface area (Å²) in [5, 5.41) is 9.31. The fourth-order valence-corrected chi connectivity index (χ4v) is 2.47. The highest BCUT2D eigenvalue weighted by atomic mass is 16.5. The van der Waals surface area contributed by atoms with Crippen molar-refractivity contribution in [3.63, 3.8) is 0 Å². The topological polar surface area (TPSA) is 50.8 Å². The van der Waals surface area contributed by atoms with E-state index in [1.807, 2.05) is 48.9 Å². The summed E-state index contributed by atoms with van der Waals surface area (Å²) < 4.78 is 7.97. The van der Waals surface area contributed by atoms with Crippen molar-refractivity contribution in [3.05, 3.63) is 77.4 Å². The van der Waals surface area contributed by atoms with Crippen LogP contribution in [-0.2, 0) is 6.54 Å². The van der Waals surface area contributed by atoms with E-state index in [-0.39, 0.29) is 0 Å². The fraction of sp³-hybridized carbons (Fsp3) is 0.158. The van der Waals surface area contributed by atoms with Crippen LogP contribution in [0.15, 0.2) is 55.1 Å². The van der Waals surface area contributed by atoms with Crippen LogP contribution in [0.25, 0.3) is 0 Å². The number of ether oxygens (including phenoxy) is 1. The first-order valence-electron chi connectivity index (χ1n) is 7.39. The van der Waals surface area contributed by atoms with E-state index in [4.69, 9.17) is 4.74 Å². The number of rotatable bonds is 4. The van der Waals surface area contributed by atoms with Gasteiger partial charge in [0.25, 0.3) is 0 Å². The van der Waals surface area contributed by atoms with Gasteiger partial charge in [0.05, 0.1) is 11.9 Å². The monoisotopic (exact) mass is 303 g/mol. The van der Waals surface area contributed by atoms with Crippen LogP contribution in [0.4, 0.5) is 0 Å². The maximum atomic E-state index is 9.31. The minimum atomic E-state index is 0.527. The largest absolute Gasteiger partial charge is 0.456 e. The number of aryl methyl sites for hydroxylation is 2. The van der Waals surface area contributed by atoms with Gasteiger partial charge in [0.15, 0.2) is 0 Å². The Morgan fingerprint density at radius 3 is 2.70 bits per heavy atom. The summed E-state index contributed by atoms with van der Waals surface area (Å²) in [6.45, 7) is 4.74. The molecular weight excluding hydrogens is 286 g/mol. The van der Waals surface area contributed by atoms with Crippen molar-refractivity contribution in [1.82, 2.24) is 9.55 Å². The highest BCUT2D eigenvalue weighted by Gasteiger charge is 2.09. The maximum Gasteiger partial charge on any atom is 0.145 e. The zero-order valence-electron chi connectivity index (χ0n) is 13.2. The number of nitriles is 1. The van der Waals surface area contributed by atoms with Gasteiger partial charge in [0.1, 0.15) is 17.6 Å². The number of hydrogen-bond donors (Lipinski definition) is 0. The van der Waals surface area contributed by atoms with Crippen molar-refractivity contribution >= 4 is 0 Å². The molecule has 0 saturated heterocycles. The summed E-state index contributed by atoms with van der Waals surface area (Å²) >= 11 is 0. The molecule has 2 aromatic carbocycles. The van der Waals surface area contributed by atoms with Gasteiger partial charge in [-0.05, 0) is 43.2 Å². The molecule has 3 rings (SSSR count). The molecule has 0 radical (unpaired) electrons. The van der Waals surface area contributed by atoms with E-state index in [0.717, 1.165) is 16.9 Å². The number of hydrogen-bond acceptors (Lipinski definition) is 3. The third-order valence-electron chi connectivity index (χ3n) is 3.64. The van der Waals surface area contributed by atoms with Gasteiger partial charge in [-0.3, -0.25) is 0 Å². The fourth-order valence-electron chi connectivity index (χ4n) is 2.47. The van der Waals surface area contributed by atoms with Crippen LogP contribution in [0.1, 0.15) is 22.3 Å². The van der Waals surface area contributed by atoms with Crippen molar-refractivity contribution < 1.29 is 4.74 Å². The average Bonchev–Trinajstić information content (AvgIpc) is 3.03. The van der Waals surface area contributed by atoms with Crippen LogP contribution in [0.5, 0.6) is 11.5 Å². The zero-order chi connectivity index (χ0) is 16.2. The summed E-state index contributed by atoms with van der Waals surface area (Å²) in [5.41, 5.74) is 3.82. The minimum absolute atomic E-state index is 0.527. The van der Waals surface area contributed by atoms with Crippen LogP contribution >= 0.6 is 0 Å². The number of benzene rings is 2. The lowest BCUT2D eigenvalue weighted by Gasteiger charge is -2.12. The molecule has 0 aliphatic carbocycles. The first kappa shape index (κ1) is 14.9. The molecule has 0 amide bonds. The molecule has 0 unspecified atom stereocenters. The molecule has 114 valence electrons. The minimum Gasteiger partial charge on any atom is -0.456 e. The van der Waals surface area contributed by atoms with Crippen LogP contribution in [0.2, 0.25) is 0 Å². The Morgan fingerprint density at radius 1 is 1.13 bits per heavy atom. The standard InChI is InChI=1S/C19H17N3O/c1-14-3-6-18(15(2)9-14)23-19-10-16(4-5-17(19)11-20)12-22-8-7-21-13-22/h3-10,13H,12H2,1-2H3. The summed E-state index contributed by atoms with van der Waals surface area (Å²) in [6, 6.07) is 13.8.